The second-order valence-corrected chi connectivity index (χ2v) is 6.84. The highest BCUT2D eigenvalue weighted by Crippen LogP contribution is 2.33. The van der Waals surface area contributed by atoms with Crippen LogP contribution in [0, 0.1) is 0 Å². The first-order chi connectivity index (χ1) is 13.4. The van der Waals surface area contributed by atoms with Gasteiger partial charge in [0.15, 0.2) is 6.29 Å². The monoisotopic (exact) mass is 408 g/mol. The smallest absolute Gasteiger partial charge is 0.379 e. The van der Waals surface area contributed by atoms with Gasteiger partial charge in [0, 0.05) is 48.9 Å². The van der Waals surface area contributed by atoms with E-state index in [4.69, 9.17) is 4.74 Å². The van der Waals surface area contributed by atoms with Crippen LogP contribution in [0.5, 0.6) is 0 Å². The molecule has 0 bridgehead atoms. The molecule has 0 aromatic carbocycles. The van der Waals surface area contributed by atoms with Crippen molar-refractivity contribution in [2.75, 3.05) is 24.7 Å². The van der Waals surface area contributed by atoms with Crippen LogP contribution in [0.2, 0.25) is 0 Å². The third-order valence-electron chi connectivity index (χ3n) is 4.93. The van der Waals surface area contributed by atoms with Gasteiger partial charge in [-0.3, -0.25) is 14.9 Å². The van der Waals surface area contributed by atoms with Crippen LogP contribution < -0.4 is 11.1 Å². The number of aromatic nitrogens is 2. The van der Waals surface area contributed by atoms with Crippen molar-refractivity contribution in [2.45, 2.75) is 32.0 Å². The molecule has 0 radical (unpaired) electrons. The first-order valence-corrected chi connectivity index (χ1v) is 9.04. The molecule has 1 fully saturated rings. The highest BCUT2D eigenvalue weighted by molar-refractivity contribution is 5.88. The zero-order chi connectivity index (χ0) is 19.7. The molecule has 1 saturated heterocycles. The fourth-order valence-electron chi connectivity index (χ4n) is 3.60. The molecule has 2 aromatic rings. The van der Waals surface area contributed by atoms with E-state index < -0.39 is 18.2 Å². The lowest BCUT2D eigenvalue weighted by molar-refractivity contribution is -0.141. The van der Waals surface area contributed by atoms with Crippen LogP contribution in [-0.2, 0) is 17.5 Å². The number of anilines is 1. The van der Waals surface area contributed by atoms with Crippen LogP contribution in [0.1, 0.15) is 23.7 Å². The number of halogens is 3. The van der Waals surface area contributed by atoms with Crippen LogP contribution in [0.3, 0.4) is 0 Å². The van der Waals surface area contributed by atoms with Crippen molar-refractivity contribution >= 4 is 12.0 Å². The second kappa shape index (κ2) is 8.44. The lowest BCUT2D eigenvalue weighted by Crippen LogP contribution is -2.56. The lowest BCUT2D eigenvalue weighted by Gasteiger charge is -2.44. The summed E-state index contributed by atoms with van der Waals surface area (Å²) in [7, 11) is 0. The van der Waals surface area contributed by atoms with Crippen molar-refractivity contribution in [3.05, 3.63) is 53.5 Å². The number of aliphatic imine (C=N–C) groups is 1. The normalized spacial score (nSPS) is 22.1. The van der Waals surface area contributed by atoms with Gasteiger partial charge in [0.2, 0.25) is 0 Å². The van der Waals surface area contributed by atoms with Gasteiger partial charge in [-0.25, -0.2) is 4.98 Å². The standard InChI is InChI=1S/C19H20F3N5O.H3N/c1-13-12-28-9-8-26(13)18-25-10-14-4-2-7-24-17(14)27(18)11-15-5-3-6-23-16(15)19(20,21)22;/h2-7,10,13,18H,8-9,11-12H2,1H3;1H3. The molecule has 2 aliphatic rings. The molecule has 0 saturated carbocycles. The zero-order valence-electron chi connectivity index (χ0n) is 16.0. The molecule has 3 N–H and O–H groups in total. The highest BCUT2D eigenvalue weighted by Gasteiger charge is 2.38. The van der Waals surface area contributed by atoms with Crippen LogP contribution >= 0.6 is 0 Å². The zero-order valence-corrected chi connectivity index (χ0v) is 16.0. The first kappa shape index (κ1) is 21.2. The van der Waals surface area contributed by atoms with Gasteiger partial charge >= 0.3 is 6.18 Å². The quantitative estimate of drug-likeness (QED) is 0.840. The predicted molar refractivity (Wildman–Crippen MR) is 103 cm³/mol. The number of hydrogen-bond donors (Lipinski definition) is 1. The van der Waals surface area contributed by atoms with Gasteiger partial charge in [0.05, 0.1) is 13.2 Å². The Morgan fingerprint density at radius 3 is 2.69 bits per heavy atom. The molecule has 0 amide bonds. The Kier molecular flexibility index (Phi) is 6.15. The Balaban J connectivity index is 0.00000240. The Labute approximate surface area is 166 Å². The summed E-state index contributed by atoms with van der Waals surface area (Å²) in [6, 6.07) is 6.69. The highest BCUT2D eigenvalue weighted by atomic mass is 19.4. The Hall–Kier alpha value is -2.56. The molecule has 10 heteroatoms. The molecule has 2 unspecified atom stereocenters. The van der Waals surface area contributed by atoms with Gasteiger partial charge in [-0.05, 0) is 25.1 Å². The molecule has 2 aromatic heterocycles. The fourth-order valence-corrected chi connectivity index (χ4v) is 3.60. The van der Waals surface area contributed by atoms with Gasteiger partial charge in [-0.2, -0.15) is 13.2 Å². The van der Waals surface area contributed by atoms with E-state index in [0.29, 0.717) is 25.6 Å². The SMILES string of the molecule is CC1COCCN1C1N=Cc2cccnc2N1Cc1cccnc1C(F)(F)F.N. The summed E-state index contributed by atoms with van der Waals surface area (Å²) >= 11 is 0. The molecular formula is C19H23F3N6O. The number of alkyl halides is 3. The third kappa shape index (κ3) is 4.24. The molecule has 0 spiro atoms. The number of nitrogens with zero attached hydrogens (tertiary/aromatic N) is 5. The summed E-state index contributed by atoms with van der Waals surface area (Å²) in [6.45, 7) is 3.77. The summed E-state index contributed by atoms with van der Waals surface area (Å²) in [5.74, 6) is 0.609. The van der Waals surface area contributed by atoms with E-state index in [1.807, 2.05) is 17.9 Å². The van der Waals surface area contributed by atoms with E-state index in [0.717, 1.165) is 11.8 Å². The number of morpholine rings is 1. The van der Waals surface area contributed by atoms with Gasteiger partial charge in [-0.1, -0.05) is 6.07 Å². The van der Waals surface area contributed by atoms with E-state index in [1.54, 1.807) is 18.5 Å². The molecule has 7 nitrogen and oxygen atoms in total. The number of rotatable bonds is 3. The summed E-state index contributed by atoms with van der Waals surface area (Å²) in [5.41, 5.74) is -0.0115. The van der Waals surface area contributed by atoms with Crippen LogP contribution in [0.25, 0.3) is 0 Å². The van der Waals surface area contributed by atoms with Crippen LogP contribution in [-0.4, -0.2) is 53.2 Å². The molecular weight excluding hydrogens is 385 g/mol. The van der Waals surface area contributed by atoms with E-state index in [-0.39, 0.29) is 24.3 Å². The van der Waals surface area contributed by atoms with Gasteiger partial charge < -0.3 is 15.8 Å². The van der Waals surface area contributed by atoms with Crippen molar-refractivity contribution < 1.29 is 17.9 Å². The van der Waals surface area contributed by atoms with Crippen molar-refractivity contribution in [1.29, 1.82) is 0 Å². The Bertz CT molecular complexity index is 875. The van der Waals surface area contributed by atoms with Crippen molar-refractivity contribution in [1.82, 2.24) is 21.0 Å². The molecule has 2 atom stereocenters. The average Bonchev–Trinajstić information content (AvgIpc) is 2.68. The number of hydrogen-bond acceptors (Lipinski definition) is 7. The van der Waals surface area contributed by atoms with Crippen LogP contribution in [0.4, 0.5) is 19.0 Å². The Morgan fingerprint density at radius 2 is 1.93 bits per heavy atom. The molecule has 156 valence electrons. The maximum absolute atomic E-state index is 13.5. The molecule has 0 aliphatic carbocycles. The first-order valence-electron chi connectivity index (χ1n) is 9.04. The number of fused-ring (bicyclic) bond motifs is 1. The minimum absolute atomic E-state index is 0. The maximum Gasteiger partial charge on any atom is 0.433 e. The topological polar surface area (TPSA) is 88.8 Å². The summed E-state index contributed by atoms with van der Waals surface area (Å²) in [6.07, 6.45) is -0.445. The largest absolute Gasteiger partial charge is 0.433 e. The van der Waals surface area contributed by atoms with Gasteiger partial charge in [0.1, 0.15) is 11.5 Å². The molecule has 4 heterocycles. The van der Waals surface area contributed by atoms with Gasteiger partial charge in [0.25, 0.3) is 0 Å². The van der Waals surface area contributed by atoms with Crippen LogP contribution in [0.15, 0.2) is 41.7 Å². The van der Waals surface area contributed by atoms with E-state index in [9.17, 15) is 13.2 Å². The van der Waals surface area contributed by atoms with E-state index >= 15 is 0 Å². The fraction of sp³-hybridized carbons (Fsp3) is 0.421. The molecule has 29 heavy (non-hydrogen) atoms. The van der Waals surface area contributed by atoms with Crippen molar-refractivity contribution in [3.63, 3.8) is 0 Å². The summed E-state index contributed by atoms with van der Waals surface area (Å²) < 4.78 is 45.9. The maximum atomic E-state index is 13.5. The lowest BCUT2D eigenvalue weighted by atomic mass is 10.1. The summed E-state index contributed by atoms with van der Waals surface area (Å²) in [4.78, 5) is 16.6. The molecule has 2 aliphatic heterocycles. The number of ether oxygens (including phenoxy) is 1. The second-order valence-electron chi connectivity index (χ2n) is 6.84. The third-order valence-corrected chi connectivity index (χ3v) is 4.93. The van der Waals surface area contributed by atoms with Crippen molar-refractivity contribution in [3.8, 4) is 0 Å². The molecule has 4 rings (SSSR count). The minimum Gasteiger partial charge on any atom is -0.379 e. The summed E-state index contributed by atoms with van der Waals surface area (Å²) in [5, 5.41) is 0. The van der Waals surface area contributed by atoms with E-state index in [1.165, 1.54) is 12.1 Å². The van der Waals surface area contributed by atoms with Crippen molar-refractivity contribution in [2.24, 2.45) is 4.99 Å². The number of pyridine rings is 2. The Morgan fingerprint density at radius 1 is 1.17 bits per heavy atom. The predicted octanol–water partition coefficient (Wildman–Crippen LogP) is 3.10. The average molecular weight is 408 g/mol. The minimum atomic E-state index is -4.52. The van der Waals surface area contributed by atoms with Gasteiger partial charge in [-0.15, -0.1) is 0 Å². The van der Waals surface area contributed by atoms with E-state index in [2.05, 4.69) is 19.9 Å².